The normalized spacial score (nSPS) is 29.2. The third-order valence-electron chi connectivity index (χ3n) is 3.64. The first-order valence-corrected chi connectivity index (χ1v) is 9.82. The molecule has 0 aromatic heterocycles. The second-order valence-corrected chi connectivity index (χ2v) is 8.53. The fourth-order valence-corrected chi connectivity index (χ4v) is 5.29. The van der Waals surface area contributed by atoms with Crippen LogP contribution in [0.1, 0.15) is 6.42 Å². The summed E-state index contributed by atoms with van der Waals surface area (Å²) in [6.07, 6.45) is 0.981. The monoisotopic (exact) mass is 355 g/mol. The minimum Gasteiger partial charge on any atom is -0.379 e. The Kier molecular flexibility index (Phi) is 6.49. The molecule has 0 spiro atoms. The maximum Gasteiger partial charge on any atom is 0.166 e. The lowest BCUT2D eigenvalue weighted by molar-refractivity contribution is 0.0376. The molecule has 2 rings (SSSR count). The molecule has 2 heterocycles. The van der Waals surface area contributed by atoms with Gasteiger partial charge in [0.1, 0.15) is 0 Å². The molecule has 9 heteroatoms. The second-order valence-electron chi connectivity index (χ2n) is 5.41. The summed E-state index contributed by atoms with van der Waals surface area (Å²) in [5.74, 6) is 0.0721. The van der Waals surface area contributed by atoms with Gasteiger partial charge in [-0.3, -0.25) is 4.90 Å². The third-order valence-corrected chi connectivity index (χ3v) is 6.28. The molecular weight excluding hydrogens is 334 g/mol. The number of nitrogens with zero attached hydrogens (tertiary/aromatic N) is 1. The predicted octanol–water partition coefficient (Wildman–Crippen LogP) is -0.423. The van der Waals surface area contributed by atoms with E-state index in [1.54, 1.807) is 0 Å². The number of nitrogens with one attached hydrogen (secondary N) is 2. The average Bonchev–Trinajstić information content (AvgIpc) is 2.68. The first-order chi connectivity index (χ1) is 9.96. The number of alkyl halides is 1. The lowest BCUT2D eigenvalue weighted by atomic mass is 10.2. The summed E-state index contributed by atoms with van der Waals surface area (Å²) in [5, 5.41) is 6.17. The van der Waals surface area contributed by atoms with E-state index < -0.39 is 15.2 Å². The van der Waals surface area contributed by atoms with Crippen molar-refractivity contribution in [3.63, 3.8) is 0 Å². The van der Waals surface area contributed by atoms with Gasteiger partial charge in [-0.25, -0.2) is 8.42 Å². The van der Waals surface area contributed by atoms with Gasteiger partial charge in [0.05, 0.1) is 36.1 Å². The zero-order valence-corrected chi connectivity index (χ0v) is 14.3. The molecule has 2 atom stereocenters. The molecule has 6 nitrogen and oxygen atoms in total. The van der Waals surface area contributed by atoms with Gasteiger partial charge in [-0.2, -0.15) is 0 Å². The number of rotatable bonds is 5. The summed E-state index contributed by atoms with van der Waals surface area (Å²) < 4.78 is 28.2. The Hall–Kier alpha value is -0.150. The van der Waals surface area contributed by atoms with Crippen molar-refractivity contribution in [2.45, 2.75) is 17.8 Å². The van der Waals surface area contributed by atoms with Gasteiger partial charge in [0, 0.05) is 19.6 Å². The Bertz CT molecular complexity index is 455. The highest BCUT2D eigenvalue weighted by Gasteiger charge is 2.36. The van der Waals surface area contributed by atoms with E-state index in [1.165, 1.54) is 0 Å². The van der Waals surface area contributed by atoms with Crippen molar-refractivity contribution in [1.29, 1.82) is 0 Å². The summed E-state index contributed by atoms with van der Waals surface area (Å²) in [4.78, 5) is 2.36. The van der Waals surface area contributed by atoms with E-state index in [4.69, 9.17) is 28.6 Å². The van der Waals surface area contributed by atoms with Crippen LogP contribution in [0.3, 0.4) is 0 Å². The van der Waals surface area contributed by atoms with Gasteiger partial charge in [-0.05, 0) is 25.2 Å². The lowest BCUT2D eigenvalue weighted by Crippen LogP contribution is -2.46. The van der Waals surface area contributed by atoms with Crippen molar-refractivity contribution in [1.82, 2.24) is 15.5 Å². The van der Waals surface area contributed by atoms with Crippen LogP contribution in [0.2, 0.25) is 0 Å². The van der Waals surface area contributed by atoms with Crippen molar-refractivity contribution in [2.24, 2.45) is 0 Å². The van der Waals surface area contributed by atoms with Crippen molar-refractivity contribution < 1.29 is 13.2 Å². The van der Waals surface area contributed by atoms with Crippen molar-refractivity contribution in [3.8, 4) is 0 Å². The van der Waals surface area contributed by atoms with Crippen LogP contribution in [0.25, 0.3) is 0 Å². The highest BCUT2D eigenvalue weighted by Crippen LogP contribution is 2.17. The van der Waals surface area contributed by atoms with Crippen molar-refractivity contribution in [3.05, 3.63) is 0 Å². The molecule has 2 fully saturated rings. The maximum absolute atomic E-state index is 11.5. The van der Waals surface area contributed by atoms with E-state index in [-0.39, 0.29) is 17.5 Å². The number of sulfone groups is 1. The third kappa shape index (κ3) is 5.86. The van der Waals surface area contributed by atoms with E-state index in [2.05, 4.69) is 15.5 Å². The minimum atomic E-state index is -3.03. The molecule has 0 bridgehead atoms. The topological polar surface area (TPSA) is 70.7 Å². The van der Waals surface area contributed by atoms with Gasteiger partial charge in [-0.1, -0.05) is 0 Å². The summed E-state index contributed by atoms with van der Waals surface area (Å²) >= 11 is 11.2. The number of ether oxygens (including phenoxy) is 1. The van der Waals surface area contributed by atoms with Crippen LogP contribution in [-0.2, 0) is 14.6 Å². The van der Waals surface area contributed by atoms with Crippen molar-refractivity contribution >= 4 is 38.8 Å². The molecule has 122 valence electrons. The van der Waals surface area contributed by atoms with Gasteiger partial charge < -0.3 is 15.4 Å². The zero-order valence-electron chi connectivity index (χ0n) is 11.9. The molecule has 21 heavy (non-hydrogen) atoms. The molecule has 0 radical (unpaired) electrons. The standard InChI is InChI=1S/C12H22ClN3O3S2/c13-10-8-21(17,18)9-11(10)15-12(20)14-2-1-3-16-4-6-19-7-5-16/h10-11H,1-9H2,(H2,14,15,20). The first kappa shape index (κ1) is 17.2. The van der Waals surface area contributed by atoms with Crippen LogP contribution >= 0.6 is 23.8 Å². The molecule has 0 amide bonds. The maximum atomic E-state index is 11.5. The van der Waals surface area contributed by atoms with Gasteiger partial charge in [0.2, 0.25) is 0 Å². The molecule has 2 aliphatic rings. The smallest absolute Gasteiger partial charge is 0.166 e. The van der Waals surface area contributed by atoms with Gasteiger partial charge >= 0.3 is 0 Å². The number of hydrogen-bond donors (Lipinski definition) is 2. The fourth-order valence-electron chi connectivity index (χ4n) is 2.49. The largest absolute Gasteiger partial charge is 0.379 e. The van der Waals surface area contributed by atoms with Gasteiger partial charge in [0.15, 0.2) is 14.9 Å². The van der Waals surface area contributed by atoms with Crippen LogP contribution < -0.4 is 10.6 Å². The van der Waals surface area contributed by atoms with E-state index in [0.29, 0.717) is 5.11 Å². The zero-order chi connectivity index (χ0) is 15.3. The Morgan fingerprint density at radius 3 is 2.67 bits per heavy atom. The summed E-state index contributed by atoms with van der Waals surface area (Å²) in [6.45, 7) is 5.35. The van der Waals surface area contributed by atoms with Gasteiger partial charge in [-0.15, -0.1) is 11.6 Å². The highest BCUT2D eigenvalue weighted by atomic mass is 35.5. The fraction of sp³-hybridized carbons (Fsp3) is 0.917. The Labute approximate surface area is 136 Å². The lowest BCUT2D eigenvalue weighted by Gasteiger charge is -2.26. The molecule has 0 aliphatic carbocycles. The van der Waals surface area contributed by atoms with Crippen LogP contribution in [0.15, 0.2) is 0 Å². The van der Waals surface area contributed by atoms with Gasteiger partial charge in [0.25, 0.3) is 0 Å². The molecule has 0 saturated carbocycles. The van der Waals surface area contributed by atoms with E-state index in [1.807, 2.05) is 0 Å². The molecule has 2 N–H and O–H groups in total. The first-order valence-electron chi connectivity index (χ1n) is 7.15. The average molecular weight is 356 g/mol. The number of thiocarbonyl (C=S) groups is 1. The summed E-state index contributed by atoms with van der Waals surface area (Å²) in [6, 6.07) is -0.295. The molecule has 2 unspecified atom stereocenters. The second kappa shape index (κ2) is 7.92. The summed E-state index contributed by atoms with van der Waals surface area (Å²) in [5.41, 5.74) is 0. The SMILES string of the molecule is O=S1(=O)CC(Cl)C(NC(=S)NCCCN2CCOCC2)C1. The predicted molar refractivity (Wildman–Crippen MR) is 87.7 cm³/mol. The van der Waals surface area contributed by atoms with E-state index in [9.17, 15) is 8.42 Å². The Balaban J connectivity index is 1.59. The van der Waals surface area contributed by atoms with Crippen molar-refractivity contribution in [2.75, 3.05) is 50.9 Å². The summed E-state index contributed by atoms with van der Waals surface area (Å²) in [7, 11) is -3.03. The number of hydrogen-bond acceptors (Lipinski definition) is 5. The van der Waals surface area contributed by atoms with Crippen LogP contribution in [0.5, 0.6) is 0 Å². The highest BCUT2D eigenvalue weighted by molar-refractivity contribution is 7.91. The van der Waals surface area contributed by atoms with Crippen LogP contribution in [0.4, 0.5) is 0 Å². The number of halogens is 1. The van der Waals surface area contributed by atoms with Crippen LogP contribution in [-0.4, -0.2) is 80.7 Å². The Morgan fingerprint density at radius 1 is 1.33 bits per heavy atom. The number of morpholine rings is 1. The molecule has 0 aromatic carbocycles. The van der Waals surface area contributed by atoms with E-state index >= 15 is 0 Å². The molecular formula is C12H22ClN3O3S2. The minimum absolute atomic E-state index is 0.0197. The molecule has 0 aromatic rings. The van der Waals surface area contributed by atoms with Crippen LogP contribution in [0, 0.1) is 0 Å². The van der Waals surface area contributed by atoms with E-state index in [0.717, 1.165) is 45.8 Å². The Morgan fingerprint density at radius 2 is 2.05 bits per heavy atom. The molecule has 2 aliphatic heterocycles. The molecule has 2 saturated heterocycles. The quantitative estimate of drug-likeness (QED) is 0.394.